The van der Waals surface area contributed by atoms with Crippen LogP contribution < -0.4 is 0 Å². The molecule has 1 unspecified atom stereocenters. The summed E-state index contributed by atoms with van der Waals surface area (Å²) in [7, 11) is 0. The van der Waals surface area contributed by atoms with Gasteiger partial charge in [0.2, 0.25) is 0 Å². The molecule has 1 aromatic carbocycles. The van der Waals surface area contributed by atoms with Crippen LogP contribution in [0, 0.1) is 6.92 Å². The smallest absolute Gasteiger partial charge is 0.0924 e. The van der Waals surface area contributed by atoms with Crippen molar-refractivity contribution in [1.29, 1.82) is 0 Å². The third-order valence-corrected chi connectivity index (χ3v) is 4.40. The second kappa shape index (κ2) is 5.88. The van der Waals surface area contributed by atoms with Crippen molar-refractivity contribution < 1.29 is 5.11 Å². The Morgan fingerprint density at radius 3 is 2.75 bits per heavy atom. The summed E-state index contributed by atoms with van der Waals surface area (Å²) in [6, 6.07) is 7.69. The molecule has 0 saturated carbocycles. The number of aromatic nitrogens is 2. The van der Waals surface area contributed by atoms with Gasteiger partial charge in [0.05, 0.1) is 22.0 Å². The molecule has 0 radical (unpaired) electrons. The minimum atomic E-state index is -0.993. The number of aryl methyl sites for hydroxylation is 2. The Morgan fingerprint density at radius 1 is 1.45 bits per heavy atom. The van der Waals surface area contributed by atoms with Gasteiger partial charge in [-0.1, -0.05) is 39.7 Å². The van der Waals surface area contributed by atoms with Crippen LogP contribution in [0.25, 0.3) is 0 Å². The Labute approximate surface area is 132 Å². The molecule has 5 heteroatoms. The van der Waals surface area contributed by atoms with E-state index in [2.05, 4.69) is 21.0 Å². The number of nitrogens with zero attached hydrogens (tertiary/aromatic N) is 2. The molecule has 20 heavy (non-hydrogen) atoms. The van der Waals surface area contributed by atoms with Gasteiger partial charge in [-0.05, 0) is 38.5 Å². The summed E-state index contributed by atoms with van der Waals surface area (Å²) in [6.45, 7) is 6.43. The van der Waals surface area contributed by atoms with Crippen molar-refractivity contribution in [3.05, 3.63) is 50.7 Å². The van der Waals surface area contributed by atoms with E-state index in [0.29, 0.717) is 11.4 Å². The van der Waals surface area contributed by atoms with Gasteiger partial charge < -0.3 is 5.11 Å². The summed E-state index contributed by atoms with van der Waals surface area (Å²) in [6.07, 6.45) is 0.428. The maximum Gasteiger partial charge on any atom is 0.0924 e. The summed E-state index contributed by atoms with van der Waals surface area (Å²) in [5.74, 6) is 0. The van der Waals surface area contributed by atoms with Gasteiger partial charge in [0, 0.05) is 17.4 Å². The minimum absolute atomic E-state index is 0.428. The van der Waals surface area contributed by atoms with E-state index < -0.39 is 5.60 Å². The average molecular weight is 358 g/mol. The molecule has 0 aliphatic carbocycles. The van der Waals surface area contributed by atoms with E-state index in [0.717, 1.165) is 28.0 Å². The van der Waals surface area contributed by atoms with Crippen LogP contribution in [0.3, 0.4) is 0 Å². The summed E-state index contributed by atoms with van der Waals surface area (Å²) in [5.41, 5.74) is 1.53. The third kappa shape index (κ3) is 3.08. The predicted octanol–water partition coefficient (Wildman–Crippen LogP) is 4.08. The highest BCUT2D eigenvalue weighted by Crippen LogP contribution is 2.31. The summed E-state index contributed by atoms with van der Waals surface area (Å²) in [4.78, 5) is 0. The van der Waals surface area contributed by atoms with Gasteiger partial charge in [0.25, 0.3) is 0 Å². The number of benzene rings is 1. The predicted molar refractivity (Wildman–Crippen MR) is 85.1 cm³/mol. The van der Waals surface area contributed by atoms with Gasteiger partial charge in [-0.25, -0.2) is 0 Å². The molecule has 2 rings (SSSR count). The van der Waals surface area contributed by atoms with Crippen molar-refractivity contribution in [2.75, 3.05) is 0 Å². The number of rotatable bonds is 4. The van der Waals surface area contributed by atoms with Crippen LogP contribution in [0.15, 0.2) is 28.7 Å². The first-order valence-electron chi connectivity index (χ1n) is 6.55. The molecule has 0 amide bonds. The standard InChI is InChI=1S/C15H18BrClN2O/c1-4-19-13(14(17)10(2)18-19)9-15(3,20)11-6-5-7-12(16)8-11/h5-8,20H,4,9H2,1-3H3. The van der Waals surface area contributed by atoms with Crippen LogP contribution in [-0.4, -0.2) is 14.9 Å². The SMILES string of the molecule is CCn1nc(C)c(Cl)c1CC(C)(O)c1cccc(Br)c1. The Hall–Kier alpha value is -0.840. The molecule has 1 heterocycles. The van der Waals surface area contributed by atoms with Crippen LogP contribution in [-0.2, 0) is 18.6 Å². The number of hydrogen-bond donors (Lipinski definition) is 1. The van der Waals surface area contributed by atoms with Crippen LogP contribution >= 0.6 is 27.5 Å². The maximum atomic E-state index is 10.8. The Bertz CT molecular complexity index is 622. The molecule has 2 aromatic rings. The molecular formula is C15H18BrClN2O. The minimum Gasteiger partial charge on any atom is -0.385 e. The molecule has 0 aliphatic heterocycles. The summed E-state index contributed by atoms with van der Waals surface area (Å²) in [5, 5.41) is 15.8. The lowest BCUT2D eigenvalue weighted by molar-refractivity contribution is 0.0553. The van der Waals surface area contributed by atoms with Gasteiger partial charge in [0.1, 0.15) is 0 Å². The van der Waals surface area contributed by atoms with Gasteiger partial charge in [0.15, 0.2) is 0 Å². The van der Waals surface area contributed by atoms with E-state index in [9.17, 15) is 5.11 Å². The molecule has 0 saturated heterocycles. The highest BCUT2D eigenvalue weighted by Gasteiger charge is 2.27. The summed E-state index contributed by atoms with van der Waals surface area (Å²) < 4.78 is 2.80. The average Bonchev–Trinajstić information content (AvgIpc) is 2.66. The molecule has 1 atom stereocenters. The van der Waals surface area contributed by atoms with Crippen LogP contribution in [0.5, 0.6) is 0 Å². The number of aliphatic hydroxyl groups is 1. The summed E-state index contributed by atoms with van der Waals surface area (Å²) >= 11 is 9.75. The normalized spacial score (nSPS) is 14.3. The quantitative estimate of drug-likeness (QED) is 0.895. The van der Waals surface area contributed by atoms with Gasteiger partial charge >= 0.3 is 0 Å². The molecule has 1 N–H and O–H groups in total. The van der Waals surface area contributed by atoms with E-state index >= 15 is 0 Å². The van der Waals surface area contributed by atoms with Crippen molar-refractivity contribution >= 4 is 27.5 Å². The fourth-order valence-electron chi connectivity index (χ4n) is 2.29. The zero-order chi connectivity index (χ0) is 14.9. The largest absolute Gasteiger partial charge is 0.385 e. The van der Waals surface area contributed by atoms with Crippen molar-refractivity contribution in [2.24, 2.45) is 0 Å². The third-order valence-electron chi connectivity index (χ3n) is 3.41. The first-order chi connectivity index (χ1) is 9.35. The molecule has 0 spiro atoms. The lowest BCUT2D eigenvalue weighted by Gasteiger charge is -2.24. The Kier molecular flexibility index (Phi) is 4.57. The van der Waals surface area contributed by atoms with Crippen molar-refractivity contribution in [1.82, 2.24) is 9.78 Å². The fourth-order valence-corrected chi connectivity index (χ4v) is 2.89. The zero-order valence-corrected chi connectivity index (χ0v) is 14.2. The van der Waals surface area contributed by atoms with Gasteiger partial charge in [-0.2, -0.15) is 5.10 Å². The second-order valence-corrected chi connectivity index (χ2v) is 6.42. The molecule has 0 bridgehead atoms. The Morgan fingerprint density at radius 2 is 2.15 bits per heavy atom. The highest BCUT2D eigenvalue weighted by molar-refractivity contribution is 9.10. The monoisotopic (exact) mass is 356 g/mol. The van der Waals surface area contributed by atoms with Crippen molar-refractivity contribution in [3.63, 3.8) is 0 Å². The first-order valence-corrected chi connectivity index (χ1v) is 7.72. The molecule has 1 aromatic heterocycles. The maximum absolute atomic E-state index is 10.8. The number of halogens is 2. The zero-order valence-electron chi connectivity index (χ0n) is 11.8. The molecular weight excluding hydrogens is 340 g/mol. The highest BCUT2D eigenvalue weighted by atomic mass is 79.9. The van der Waals surface area contributed by atoms with E-state index in [4.69, 9.17) is 11.6 Å². The van der Waals surface area contributed by atoms with Gasteiger partial charge in [-0.15, -0.1) is 0 Å². The van der Waals surface area contributed by atoms with E-state index in [-0.39, 0.29) is 0 Å². The second-order valence-electron chi connectivity index (χ2n) is 5.12. The van der Waals surface area contributed by atoms with Crippen LogP contribution in [0.1, 0.15) is 30.8 Å². The first kappa shape index (κ1) is 15.5. The van der Waals surface area contributed by atoms with E-state index in [1.807, 2.05) is 42.8 Å². The fraction of sp³-hybridized carbons (Fsp3) is 0.400. The molecule has 3 nitrogen and oxygen atoms in total. The lowest BCUT2D eigenvalue weighted by Crippen LogP contribution is -2.26. The molecule has 108 valence electrons. The van der Waals surface area contributed by atoms with E-state index in [1.54, 1.807) is 6.92 Å². The molecule has 0 fully saturated rings. The topological polar surface area (TPSA) is 38.0 Å². The van der Waals surface area contributed by atoms with Crippen molar-refractivity contribution in [3.8, 4) is 0 Å². The van der Waals surface area contributed by atoms with Crippen molar-refractivity contribution in [2.45, 2.75) is 39.3 Å². The van der Waals surface area contributed by atoms with Crippen LogP contribution in [0.2, 0.25) is 5.02 Å². The van der Waals surface area contributed by atoms with Gasteiger partial charge in [-0.3, -0.25) is 4.68 Å². The number of hydrogen-bond acceptors (Lipinski definition) is 2. The lowest BCUT2D eigenvalue weighted by atomic mass is 9.91. The van der Waals surface area contributed by atoms with E-state index in [1.165, 1.54) is 0 Å². The Balaban J connectivity index is 2.37. The molecule has 0 aliphatic rings. The van der Waals surface area contributed by atoms with Crippen LogP contribution in [0.4, 0.5) is 0 Å².